The Balaban J connectivity index is 2.18. The van der Waals surface area contributed by atoms with Crippen LogP contribution in [0.2, 0.25) is 0 Å². The lowest BCUT2D eigenvalue weighted by atomic mass is 9.89. The zero-order chi connectivity index (χ0) is 16.1. The van der Waals surface area contributed by atoms with Crippen LogP contribution in [0.1, 0.15) is 10.4 Å². The van der Waals surface area contributed by atoms with E-state index in [9.17, 15) is 14.7 Å². The minimum atomic E-state index is -0.372. The van der Waals surface area contributed by atoms with Crippen LogP contribution in [0.3, 0.4) is 0 Å². The van der Waals surface area contributed by atoms with Crippen LogP contribution in [0.5, 0.6) is 0 Å². The summed E-state index contributed by atoms with van der Waals surface area (Å²) in [5.74, 6) is 0. The fourth-order valence-electron chi connectivity index (χ4n) is 3.38. The first-order valence-electron chi connectivity index (χ1n) is 7.58. The largest absolute Gasteiger partial charge is 0.395 e. The Bertz CT molecular complexity index is 1040. The predicted molar refractivity (Wildman–Crippen MR) is 91.3 cm³/mol. The van der Waals surface area contributed by atoms with Crippen LogP contribution in [-0.2, 0) is 26.4 Å². The Morgan fingerprint density at radius 1 is 1.22 bits per heavy atom. The van der Waals surface area contributed by atoms with Gasteiger partial charge in [-0.25, -0.2) is 4.79 Å². The highest BCUT2D eigenvalue weighted by molar-refractivity contribution is 7.19. The molecule has 4 rings (SSSR count). The molecule has 1 N–H and O–H groups in total. The number of aryl methyl sites for hydroxylation is 3. The fraction of sp³-hybridized carbons (Fsp3) is 0.294. The van der Waals surface area contributed by atoms with E-state index in [4.69, 9.17) is 0 Å². The Hall–Kier alpha value is -2.18. The average molecular weight is 328 g/mol. The van der Waals surface area contributed by atoms with E-state index >= 15 is 0 Å². The topological polar surface area (TPSA) is 64.2 Å². The predicted octanol–water partition coefficient (Wildman–Crippen LogP) is 1.52. The second kappa shape index (κ2) is 5.18. The van der Waals surface area contributed by atoms with Crippen LogP contribution < -0.4 is 11.2 Å². The summed E-state index contributed by atoms with van der Waals surface area (Å²) < 4.78 is 2.66. The molecular weight excluding hydrogens is 312 g/mol. The molecule has 5 nitrogen and oxygen atoms in total. The molecule has 0 fully saturated rings. The molecule has 6 heteroatoms. The highest BCUT2D eigenvalue weighted by Crippen LogP contribution is 2.41. The molecule has 0 radical (unpaired) electrons. The molecule has 2 heterocycles. The lowest BCUT2D eigenvalue weighted by Gasteiger charge is -2.16. The minimum Gasteiger partial charge on any atom is -0.395 e. The number of hydrogen-bond acceptors (Lipinski definition) is 4. The zero-order valence-electron chi connectivity index (χ0n) is 12.7. The Kier molecular flexibility index (Phi) is 3.25. The Morgan fingerprint density at radius 2 is 2.00 bits per heavy atom. The van der Waals surface area contributed by atoms with Crippen molar-refractivity contribution in [1.82, 2.24) is 9.13 Å². The molecule has 0 bridgehead atoms. The van der Waals surface area contributed by atoms with Gasteiger partial charge in [-0.1, -0.05) is 24.3 Å². The average Bonchev–Trinajstić information content (AvgIpc) is 2.97. The van der Waals surface area contributed by atoms with Crippen molar-refractivity contribution in [1.29, 1.82) is 0 Å². The third-order valence-corrected chi connectivity index (χ3v) is 5.80. The number of aromatic nitrogens is 2. The van der Waals surface area contributed by atoms with Crippen molar-refractivity contribution in [2.75, 3.05) is 6.61 Å². The first-order valence-corrected chi connectivity index (χ1v) is 8.39. The van der Waals surface area contributed by atoms with Gasteiger partial charge in [-0.3, -0.25) is 13.9 Å². The molecule has 3 aromatic rings. The third-order valence-electron chi connectivity index (χ3n) is 4.48. The highest BCUT2D eigenvalue weighted by atomic mass is 32.1. The number of nitrogens with zero attached hydrogens (tertiary/aromatic N) is 2. The number of aliphatic hydroxyl groups excluding tert-OH is 1. The van der Waals surface area contributed by atoms with E-state index in [2.05, 4.69) is 6.07 Å². The number of thiophene rings is 1. The molecule has 2 aromatic heterocycles. The monoisotopic (exact) mass is 328 g/mol. The van der Waals surface area contributed by atoms with Gasteiger partial charge in [0.15, 0.2) is 0 Å². The first kappa shape index (κ1) is 14.4. The van der Waals surface area contributed by atoms with E-state index in [-0.39, 0.29) is 24.4 Å². The quantitative estimate of drug-likeness (QED) is 0.776. The Labute approximate surface area is 136 Å². The SMILES string of the molecule is Cn1c(=O)n(CCO)c(=O)c2c3c(sc21)CCc1ccccc1-3. The molecule has 0 spiro atoms. The maximum Gasteiger partial charge on any atom is 0.331 e. The van der Waals surface area contributed by atoms with E-state index < -0.39 is 0 Å². The van der Waals surface area contributed by atoms with Gasteiger partial charge in [-0.15, -0.1) is 11.3 Å². The number of benzene rings is 1. The standard InChI is InChI=1S/C17H16N2O3S/c1-18-16-14(15(21)19(8-9-20)17(18)22)13-11-5-3-2-4-10(11)6-7-12(13)23-16/h2-5,20H,6-9H2,1H3. The molecule has 0 amide bonds. The number of hydrogen-bond donors (Lipinski definition) is 1. The van der Waals surface area contributed by atoms with E-state index in [0.717, 1.165) is 38.2 Å². The summed E-state index contributed by atoms with van der Waals surface area (Å²) in [7, 11) is 1.69. The summed E-state index contributed by atoms with van der Waals surface area (Å²) in [4.78, 5) is 27.1. The van der Waals surface area contributed by atoms with Gasteiger partial charge in [0.25, 0.3) is 5.56 Å². The summed E-state index contributed by atoms with van der Waals surface area (Å²) in [5, 5.41) is 9.78. The lowest BCUT2D eigenvalue weighted by molar-refractivity contribution is 0.271. The number of rotatable bonds is 2. The van der Waals surface area contributed by atoms with E-state index in [1.807, 2.05) is 18.2 Å². The van der Waals surface area contributed by atoms with Crippen LogP contribution in [0.15, 0.2) is 33.9 Å². The van der Waals surface area contributed by atoms with E-state index in [1.54, 1.807) is 7.05 Å². The van der Waals surface area contributed by atoms with Gasteiger partial charge >= 0.3 is 5.69 Å². The second-order valence-corrected chi connectivity index (χ2v) is 6.84. The molecule has 0 saturated heterocycles. The third kappa shape index (κ3) is 1.95. The van der Waals surface area contributed by atoms with Gasteiger partial charge in [0.2, 0.25) is 0 Å². The number of aliphatic hydroxyl groups is 1. The molecule has 0 atom stereocenters. The van der Waals surface area contributed by atoms with Gasteiger partial charge in [-0.2, -0.15) is 0 Å². The maximum absolute atomic E-state index is 12.9. The van der Waals surface area contributed by atoms with Crippen molar-refractivity contribution in [3.8, 4) is 11.1 Å². The van der Waals surface area contributed by atoms with Crippen molar-refractivity contribution in [3.05, 3.63) is 55.5 Å². The summed E-state index contributed by atoms with van der Waals surface area (Å²) in [6.45, 7) is -0.211. The van der Waals surface area contributed by atoms with Gasteiger partial charge in [0.05, 0.1) is 18.5 Å². The number of fused-ring (bicyclic) bond motifs is 5. The smallest absolute Gasteiger partial charge is 0.331 e. The Morgan fingerprint density at radius 3 is 2.78 bits per heavy atom. The van der Waals surface area contributed by atoms with Crippen LogP contribution in [0.25, 0.3) is 21.3 Å². The molecular formula is C17H16N2O3S. The molecule has 0 saturated carbocycles. The molecule has 118 valence electrons. The van der Waals surface area contributed by atoms with Gasteiger partial charge in [-0.05, 0) is 24.0 Å². The van der Waals surface area contributed by atoms with Crippen LogP contribution in [0.4, 0.5) is 0 Å². The van der Waals surface area contributed by atoms with Crippen molar-refractivity contribution < 1.29 is 5.11 Å². The van der Waals surface area contributed by atoms with Crippen molar-refractivity contribution in [3.63, 3.8) is 0 Å². The van der Waals surface area contributed by atoms with Gasteiger partial charge < -0.3 is 5.11 Å². The van der Waals surface area contributed by atoms with E-state index in [0.29, 0.717) is 5.39 Å². The summed E-state index contributed by atoms with van der Waals surface area (Å²) in [6, 6.07) is 8.13. The first-order chi connectivity index (χ1) is 11.1. The molecule has 0 unspecified atom stereocenters. The molecule has 1 aromatic carbocycles. The summed E-state index contributed by atoms with van der Waals surface area (Å²) >= 11 is 1.53. The van der Waals surface area contributed by atoms with E-state index in [1.165, 1.54) is 21.5 Å². The van der Waals surface area contributed by atoms with Crippen molar-refractivity contribution in [2.45, 2.75) is 19.4 Å². The summed E-state index contributed by atoms with van der Waals surface area (Å²) in [6.07, 6.45) is 1.84. The zero-order valence-corrected chi connectivity index (χ0v) is 13.5. The highest BCUT2D eigenvalue weighted by Gasteiger charge is 2.25. The fourth-order valence-corrected chi connectivity index (χ4v) is 4.64. The van der Waals surface area contributed by atoms with Gasteiger partial charge in [0.1, 0.15) is 4.83 Å². The second-order valence-electron chi connectivity index (χ2n) is 5.76. The normalized spacial score (nSPS) is 13.1. The minimum absolute atomic E-state index is 0.0215. The van der Waals surface area contributed by atoms with Crippen LogP contribution in [0, 0.1) is 0 Å². The molecule has 0 aliphatic heterocycles. The molecule has 1 aliphatic carbocycles. The van der Waals surface area contributed by atoms with Crippen molar-refractivity contribution in [2.24, 2.45) is 7.05 Å². The summed E-state index contributed by atoms with van der Waals surface area (Å²) in [5.41, 5.74) is 2.63. The van der Waals surface area contributed by atoms with Crippen LogP contribution >= 0.6 is 11.3 Å². The van der Waals surface area contributed by atoms with Crippen molar-refractivity contribution >= 4 is 21.6 Å². The lowest BCUT2D eigenvalue weighted by Crippen LogP contribution is -2.39. The van der Waals surface area contributed by atoms with Gasteiger partial charge in [0, 0.05) is 17.5 Å². The van der Waals surface area contributed by atoms with Crippen LogP contribution in [-0.4, -0.2) is 20.8 Å². The molecule has 1 aliphatic rings. The molecule has 23 heavy (non-hydrogen) atoms. The maximum atomic E-state index is 12.9.